The molecule has 0 spiro atoms. The molecular weight excluding hydrogens is 354 g/mol. The minimum Gasteiger partial charge on any atom is -0.454 e. The molecule has 0 atom stereocenters. The summed E-state index contributed by atoms with van der Waals surface area (Å²) in [5, 5.41) is 7.62. The van der Waals surface area contributed by atoms with Crippen LogP contribution in [0.5, 0.6) is 11.5 Å². The van der Waals surface area contributed by atoms with E-state index >= 15 is 0 Å². The van der Waals surface area contributed by atoms with Crippen LogP contribution < -0.4 is 14.8 Å². The summed E-state index contributed by atoms with van der Waals surface area (Å²) in [5.74, 6) is 1.46. The summed E-state index contributed by atoms with van der Waals surface area (Å²) in [6, 6.07) is 13.9. The number of aromatic nitrogens is 2. The highest BCUT2D eigenvalue weighted by Crippen LogP contribution is 2.32. The highest BCUT2D eigenvalue weighted by Gasteiger charge is 2.16. The number of hydrogen-bond acceptors (Lipinski definition) is 4. The average molecular weight is 377 g/mol. The number of ether oxygens (including phenoxy) is 2. The maximum absolute atomic E-state index is 12.5. The second kappa shape index (κ2) is 7.38. The number of carbonyl (C=O) groups excluding carboxylic acids is 1. The topological polar surface area (TPSA) is 65.4 Å². The maximum atomic E-state index is 12.5. The van der Waals surface area contributed by atoms with Gasteiger partial charge in [-0.3, -0.25) is 4.79 Å². The first-order valence-corrected chi connectivity index (χ1v) is 9.33. The first kappa shape index (κ1) is 18.1. The van der Waals surface area contributed by atoms with Crippen molar-refractivity contribution >= 4 is 11.6 Å². The Hall–Kier alpha value is -3.28. The number of aryl methyl sites for hydroxylation is 3. The zero-order chi connectivity index (χ0) is 19.7. The highest BCUT2D eigenvalue weighted by molar-refractivity contribution is 5.92. The Morgan fingerprint density at radius 2 is 1.82 bits per heavy atom. The van der Waals surface area contributed by atoms with Crippen molar-refractivity contribution in [3.63, 3.8) is 0 Å². The Morgan fingerprint density at radius 1 is 1.07 bits per heavy atom. The van der Waals surface area contributed by atoms with Gasteiger partial charge in [-0.05, 0) is 57.0 Å². The van der Waals surface area contributed by atoms with Crippen LogP contribution in [0.1, 0.15) is 28.9 Å². The number of fused-ring (bicyclic) bond motifs is 1. The summed E-state index contributed by atoms with van der Waals surface area (Å²) in [6.07, 6.45) is 1.01. The third-order valence-corrected chi connectivity index (χ3v) is 4.91. The van der Waals surface area contributed by atoms with Crippen molar-refractivity contribution in [3.8, 4) is 17.2 Å². The molecule has 0 saturated heterocycles. The molecular formula is C22H23N3O3. The average Bonchev–Trinajstić information content (AvgIpc) is 3.26. The fraction of sp³-hybridized carbons (Fsp3) is 0.273. The van der Waals surface area contributed by atoms with Crippen LogP contribution in [0.2, 0.25) is 0 Å². The van der Waals surface area contributed by atoms with Gasteiger partial charge >= 0.3 is 0 Å². The molecule has 1 amide bonds. The van der Waals surface area contributed by atoms with E-state index in [0.717, 1.165) is 39.8 Å². The van der Waals surface area contributed by atoms with Gasteiger partial charge in [-0.2, -0.15) is 5.10 Å². The van der Waals surface area contributed by atoms with Crippen molar-refractivity contribution in [2.75, 3.05) is 12.1 Å². The molecule has 0 fully saturated rings. The van der Waals surface area contributed by atoms with E-state index in [1.165, 1.54) is 5.56 Å². The smallest absolute Gasteiger partial charge is 0.231 e. The van der Waals surface area contributed by atoms with Crippen LogP contribution in [-0.4, -0.2) is 22.5 Å². The van der Waals surface area contributed by atoms with E-state index in [9.17, 15) is 4.79 Å². The van der Waals surface area contributed by atoms with Crippen LogP contribution >= 0.6 is 0 Å². The van der Waals surface area contributed by atoms with Crippen molar-refractivity contribution in [1.82, 2.24) is 9.78 Å². The monoisotopic (exact) mass is 377 g/mol. The summed E-state index contributed by atoms with van der Waals surface area (Å²) < 4.78 is 12.6. The number of carbonyl (C=O) groups is 1. The molecule has 1 aromatic heterocycles. The number of hydrogen-bond donors (Lipinski definition) is 1. The normalized spacial score (nSPS) is 12.2. The Balaban J connectivity index is 1.44. The van der Waals surface area contributed by atoms with Gasteiger partial charge < -0.3 is 14.8 Å². The summed E-state index contributed by atoms with van der Waals surface area (Å²) >= 11 is 0. The van der Waals surface area contributed by atoms with E-state index in [0.29, 0.717) is 12.8 Å². The molecule has 2 aromatic carbocycles. The molecule has 144 valence electrons. The first-order valence-electron chi connectivity index (χ1n) is 9.33. The second-order valence-corrected chi connectivity index (χ2v) is 7.03. The third-order valence-electron chi connectivity index (χ3n) is 4.91. The molecule has 0 radical (unpaired) electrons. The predicted molar refractivity (Wildman–Crippen MR) is 107 cm³/mol. The van der Waals surface area contributed by atoms with Crippen molar-refractivity contribution in [3.05, 3.63) is 65.0 Å². The van der Waals surface area contributed by atoms with Crippen LogP contribution in [0.15, 0.2) is 42.5 Å². The van der Waals surface area contributed by atoms with Gasteiger partial charge in [0.25, 0.3) is 0 Å². The van der Waals surface area contributed by atoms with Crippen LogP contribution in [0, 0.1) is 20.8 Å². The minimum absolute atomic E-state index is 0.0349. The Labute approximate surface area is 164 Å². The van der Waals surface area contributed by atoms with Crippen LogP contribution in [-0.2, 0) is 11.2 Å². The summed E-state index contributed by atoms with van der Waals surface area (Å²) in [6.45, 7) is 6.18. The molecule has 0 aliphatic carbocycles. The number of nitrogens with zero attached hydrogens (tertiary/aromatic N) is 2. The summed E-state index contributed by atoms with van der Waals surface area (Å²) in [4.78, 5) is 12.5. The predicted octanol–water partition coefficient (Wildman–Crippen LogP) is 4.10. The van der Waals surface area contributed by atoms with Gasteiger partial charge in [-0.1, -0.05) is 23.8 Å². The van der Waals surface area contributed by atoms with Gasteiger partial charge in [0.2, 0.25) is 12.7 Å². The number of anilines is 1. The zero-order valence-electron chi connectivity index (χ0n) is 16.3. The molecule has 28 heavy (non-hydrogen) atoms. The van der Waals surface area contributed by atoms with E-state index < -0.39 is 0 Å². The molecule has 3 aromatic rings. The lowest BCUT2D eigenvalue weighted by Gasteiger charge is -2.08. The zero-order valence-corrected chi connectivity index (χ0v) is 16.3. The number of amides is 1. The number of nitrogens with one attached hydrogen (secondary N) is 1. The van der Waals surface area contributed by atoms with Crippen molar-refractivity contribution in [2.45, 2.75) is 33.6 Å². The van der Waals surface area contributed by atoms with Crippen molar-refractivity contribution in [1.29, 1.82) is 0 Å². The Kier molecular flexibility index (Phi) is 4.77. The molecule has 0 bridgehead atoms. The molecule has 1 N–H and O–H groups in total. The highest BCUT2D eigenvalue weighted by atomic mass is 16.7. The van der Waals surface area contributed by atoms with Crippen molar-refractivity contribution in [2.24, 2.45) is 0 Å². The summed E-state index contributed by atoms with van der Waals surface area (Å²) in [5.41, 5.74) is 5.71. The molecule has 2 heterocycles. The van der Waals surface area contributed by atoms with Gasteiger partial charge in [0.1, 0.15) is 0 Å². The molecule has 6 heteroatoms. The lowest BCUT2D eigenvalue weighted by atomic mass is 10.1. The van der Waals surface area contributed by atoms with Crippen molar-refractivity contribution < 1.29 is 14.3 Å². The van der Waals surface area contributed by atoms with Crippen LogP contribution in [0.3, 0.4) is 0 Å². The Morgan fingerprint density at radius 3 is 2.61 bits per heavy atom. The van der Waals surface area contributed by atoms with E-state index in [1.54, 1.807) is 0 Å². The molecule has 4 rings (SSSR count). The number of benzene rings is 2. The number of rotatable bonds is 5. The molecule has 6 nitrogen and oxygen atoms in total. The maximum Gasteiger partial charge on any atom is 0.231 e. The fourth-order valence-corrected chi connectivity index (χ4v) is 3.32. The summed E-state index contributed by atoms with van der Waals surface area (Å²) in [7, 11) is 0. The van der Waals surface area contributed by atoms with Gasteiger partial charge in [0.15, 0.2) is 11.5 Å². The van der Waals surface area contributed by atoms with Gasteiger partial charge in [0.05, 0.1) is 22.8 Å². The quantitative estimate of drug-likeness (QED) is 0.727. The molecule has 0 saturated carbocycles. The first-order chi connectivity index (χ1) is 13.5. The van der Waals surface area contributed by atoms with E-state index in [1.807, 2.05) is 48.9 Å². The molecule has 1 aliphatic heterocycles. The van der Waals surface area contributed by atoms with E-state index in [4.69, 9.17) is 9.47 Å². The standard InChI is InChI=1S/C22H23N3O3/c1-14-4-8-18(9-5-14)25-16(3)22(15(2)24-25)23-21(26)11-7-17-6-10-19-20(12-17)28-13-27-19/h4-6,8-10,12H,7,11,13H2,1-3H3,(H,23,26). The van der Waals surface area contributed by atoms with Crippen LogP contribution in [0.25, 0.3) is 5.69 Å². The second-order valence-electron chi connectivity index (χ2n) is 7.03. The fourth-order valence-electron chi connectivity index (χ4n) is 3.32. The van der Waals surface area contributed by atoms with E-state index in [2.05, 4.69) is 29.5 Å². The van der Waals surface area contributed by atoms with Gasteiger partial charge in [-0.25, -0.2) is 4.68 Å². The molecule has 0 unspecified atom stereocenters. The van der Waals surface area contributed by atoms with E-state index in [-0.39, 0.29) is 12.7 Å². The lowest BCUT2D eigenvalue weighted by molar-refractivity contribution is -0.116. The SMILES string of the molecule is Cc1ccc(-n2nc(C)c(NC(=O)CCc3ccc4c(c3)OCO4)c2C)cc1. The lowest BCUT2D eigenvalue weighted by Crippen LogP contribution is -2.13. The largest absolute Gasteiger partial charge is 0.454 e. The van der Waals surface area contributed by atoms with Crippen LogP contribution in [0.4, 0.5) is 5.69 Å². The minimum atomic E-state index is -0.0349. The third kappa shape index (κ3) is 3.58. The molecule has 1 aliphatic rings. The van der Waals surface area contributed by atoms with Gasteiger partial charge in [-0.15, -0.1) is 0 Å². The van der Waals surface area contributed by atoms with Gasteiger partial charge in [0, 0.05) is 6.42 Å². The Bertz CT molecular complexity index is 1020.